The Hall–Kier alpha value is -0.860. The lowest BCUT2D eigenvalue weighted by Gasteiger charge is -2.38. The highest BCUT2D eigenvalue weighted by Gasteiger charge is 2.29. The number of unbranched alkanes of at least 4 members (excludes halogenated alkanes) is 2. The van der Waals surface area contributed by atoms with Gasteiger partial charge in [0.2, 0.25) is 5.91 Å². The number of hydrogen-bond acceptors (Lipinski definition) is 2. The molecule has 1 aliphatic heterocycles. The molecule has 1 fully saturated rings. The second-order valence-electron chi connectivity index (χ2n) is 7.28. The molecule has 0 aliphatic carbocycles. The lowest BCUT2D eigenvalue weighted by atomic mass is 9.75. The number of amides is 1. The lowest BCUT2D eigenvalue weighted by molar-refractivity contribution is -0.133. The van der Waals surface area contributed by atoms with Gasteiger partial charge in [-0.2, -0.15) is 0 Å². The number of likely N-dealkylation sites (tertiary alicyclic amines) is 1. The molecule has 0 aromatic heterocycles. The molecule has 1 rings (SSSR count). The van der Waals surface area contributed by atoms with E-state index in [0.717, 1.165) is 51.1 Å². The van der Waals surface area contributed by atoms with E-state index in [9.17, 15) is 9.59 Å². The molecular weight excluding hydrogens is 250 g/mol. The van der Waals surface area contributed by atoms with Gasteiger partial charge in [-0.3, -0.25) is 4.79 Å². The Labute approximate surface area is 124 Å². The molecule has 0 radical (unpaired) electrons. The summed E-state index contributed by atoms with van der Waals surface area (Å²) in [5.74, 6) is 1.29. The zero-order chi connectivity index (χ0) is 15.2. The summed E-state index contributed by atoms with van der Waals surface area (Å²) >= 11 is 0. The second-order valence-corrected chi connectivity index (χ2v) is 7.28. The highest BCUT2D eigenvalue weighted by molar-refractivity contribution is 5.76. The number of nitrogens with zero attached hydrogens (tertiary/aromatic N) is 1. The standard InChI is InChI=1S/C17H31NO2/c1-14(19)8-6-5-7-9-16(20)18-12-10-15(11-13-18)17(2,3)4/h15H,5-13H2,1-4H3. The van der Waals surface area contributed by atoms with Gasteiger partial charge in [0.25, 0.3) is 0 Å². The molecule has 3 nitrogen and oxygen atoms in total. The summed E-state index contributed by atoms with van der Waals surface area (Å²) in [6, 6.07) is 0. The molecule has 1 amide bonds. The topological polar surface area (TPSA) is 37.4 Å². The average Bonchev–Trinajstić information content (AvgIpc) is 2.37. The molecule has 116 valence electrons. The van der Waals surface area contributed by atoms with E-state index in [2.05, 4.69) is 20.8 Å². The van der Waals surface area contributed by atoms with Crippen LogP contribution in [0.3, 0.4) is 0 Å². The van der Waals surface area contributed by atoms with Gasteiger partial charge in [0.1, 0.15) is 5.78 Å². The summed E-state index contributed by atoms with van der Waals surface area (Å²) in [7, 11) is 0. The third-order valence-electron chi connectivity index (χ3n) is 4.49. The van der Waals surface area contributed by atoms with Gasteiger partial charge in [0.05, 0.1) is 0 Å². The number of rotatable bonds is 6. The Kier molecular flexibility index (Phi) is 6.70. The Morgan fingerprint density at radius 3 is 2.05 bits per heavy atom. The second kappa shape index (κ2) is 7.80. The Bertz CT molecular complexity index is 322. The fraction of sp³-hybridized carbons (Fsp3) is 0.882. The maximum absolute atomic E-state index is 12.1. The van der Waals surface area contributed by atoms with Crippen LogP contribution in [-0.4, -0.2) is 29.7 Å². The maximum Gasteiger partial charge on any atom is 0.222 e. The third kappa shape index (κ3) is 6.06. The number of ketones is 1. The molecule has 0 atom stereocenters. The molecule has 1 heterocycles. The molecule has 0 saturated carbocycles. The summed E-state index contributed by atoms with van der Waals surface area (Å²) in [6.45, 7) is 10.4. The first-order valence-corrected chi connectivity index (χ1v) is 8.08. The van der Waals surface area contributed by atoms with Gasteiger partial charge in [-0.05, 0) is 43.9 Å². The van der Waals surface area contributed by atoms with Crippen LogP contribution in [0.5, 0.6) is 0 Å². The monoisotopic (exact) mass is 281 g/mol. The molecule has 0 bridgehead atoms. The van der Waals surface area contributed by atoms with Crippen LogP contribution in [0.2, 0.25) is 0 Å². The molecule has 0 unspecified atom stereocenters. The first-order valence-electron chi connectivity index (χ1n) is 8.08. The molecule has 20 heavy (non-hydrogen) atoms. The van der Waals surface area contributed by atoms with Crippen molar-refractivity contribution in [3.63, 3.8) is 0 Å². The molecule has 0 N–H and O–H groups in total. The van der Waals surface area contributed by atoms with Crippen molar-refractivity contribution in [3.05, 3.63) is 0 Å². The van der Waals surface area contributed by atoms with Crippen molar-refractivity contribution in [2.24, 2.45) is 11.3 Å². The minimum atomic E-state index is 0.251. The van der Waals surface area contributed by atoms with E-state index in [4.69, 9.17) is 0 Å². The van der Waals surface area contributed by atoms with Crippen molar-refractivity contribution in [1.29, 1.82) is 0 Å². The predicted octanol–water partition coefficient (Wildman–Crippen LogP) is 3.81. The third-order valence-corrected chi connectivity index (χ3v) is 4.49. The Balaban J connectivity index is 2.18. The van der Waals surface area contributed by atoms with Gasteiger partial charge < -0.3 is 9.69 Å². The molecular formula is C17H31NO2. The van der Waals surface area contributed by atoms with Crippen molar-refractivity contribution < 1.29 is 9.59 Å². The lowest BCUT2D eigenvalue weighted by Crippen LogP contribution is -2.41. The number of piperidine rings is 1. The quantitative estimate of drug-likeness (QED) is 0.694. The highest BCUT2D eigenvalue weighted by Crippen LogP contribution is 2.34. The zero-order valence-corrected chi connectivity index (χ0v) is 13.7. The largest absolute Gasteiger partial charge is 0.343 e. The summed E-state index contributed by atoms with van der Waals surface area (Å²) in [4.78, 5) is 25.0. The van der Waals surface area contributed by atoms with E-state index in [1.807, 2.05) is 4.90 Å². The summed E-state index contributed by atoms with van der Waals surface area (Å²) in [5.41, 5.74) is 0.363. The molecule has 0 spiro atoms. The van der Waals surface area contributed by atoms with Crippen LogP contribution < -0.4 is 0 Å². The fourth-order valence-corrected chi connectivity index (χ4v) is 2.98. The van der Waals surface area contributed by atoms with E-state index >= 15 is 0 Å². The molecule has 0 aromatic carbocycles. The molecule has 0 aromatic rings. The number of hydrogen-bond donors (Lipinski definition) is 0. The number of carbonyl (C=O) groups excluding carboxylic acids is 2. The smallest absolute Gasteiger partial charge is 0.222 e. The van der Waals surface area contributed by atoms with Crippen molar-refractivity contribution >= 4 is 11.7 Å². The number of Topliss-reactive ketones (excluding diaryl/α,β-unsaturated/α-hetero) is 1. The average molecular weight is 281 g/mol. The van der Waals surface area contributed by atoms with E-state index in [-0.39, 0.29) is 5.78 Å². The maximum atomic E-state index is 12.1. The van der Waals surface area contributed by atoms with Gasteiger partial charge in [0.15, 0.2) is 0 Å². The summed E-state index contributed by atoms with van der Waals surface area (Å²) in [5, 5.41) is 0. The van der Waals surface area contributed by atoms with Crippen molar-refractivity contribution in [2.45, 2.75) is 72.6 Å². The fourth-order valence-electron chi connectivity index (χ4n) is 2.98. The Morgan fingerprint density at radius 2 is 1.55 bits per heavy atom. The van der Waals surface area contributed by atoms with Crippen LogP contribution in [0.1, 0.15) is 72.6 Å². The molecule has 1 saturated heterocycles. The van der Waals surface area contributed by atoms with E-state index in [0.29, 0.717) is 24.2 Å². The van der Waals surface area contributed by atoms with E-state index in [1.165, 1.54) is 0 Å². The van der Waals surface area contributed by atoms with Crippen molar-refractivity contribution in [2.75, 3.05) is 13.1 Å². The molecule has 3 heteroatoms. The molecule has 1 aliphatic rings. The van der Waals surface area contributed by atoms with E-state index < -0.39 is 0 Å². The Morgan fingerprint density at radius 1 is 1.00 bits per heavy atom. The van der Waals surface area contributed by atoms with Gasteiger partial charge >= 0.3 is 0 Å². The first-order chi connectivity index (χ1) is 9.30. The zero-order valence-electron chi connectivity index (χ0n) is 13.7. The van der Waals surface area contributed by atoms with Crippen LogP contribution in [0, 0.1) is 11.3 Å². The SMILES string of the molecule is CC(=O)CCCCCC(=O)N1CCC(C(C)(C)C)CC1. The van der Waals surface area contributed by atoms with Crippen LogP contribution in [0.25, 0.3) is 0 Å². The van der Waals surface area contributed by atoms with Crippen LogP contribution in [-0.2, 0) is 9.59 Å². The normalized spacial score (nSPS) is 17.3. The van der Waals surface area contributed by atoms with Gasteiger partial charge in [-0.15, -0.1) is 0 Å². The van der Waals surface area contributed by atoms with Gasteiger partial charge in [-0.1, -0.05) is 27.2 Å². The summed E-state index contributed by atoms with van der Waals surface area (Å²) in [6.07, 6.45) is 6.42. The van der Waals surface area contributed by atoms with Gasteiger partial charge in [0, 0.05) is 25.9 Å². The van der Waals surface area contributed by atoms with Crippen LogP contribution >= 0.6 is 0 Å². The highest BCUT2D eigenvalue weighted by atomic mass is 16.2. The van der Waals surface area contributed by atoms with Crippen LogP contribution in [0.15, 0.2) is 0 Å². The van der Waals surface area contributed by atoms with E-state index in [1.54, 1.807) is 6.92 Å². The number of carbonyl (C=O) groups is 2. The predicted molar refractivity (Wildman–Crippen MR) is 82.5 cm³/mol. The van der Waals surface area contributed by atoms with Gasteiger partial charge in [-0.25, -0.2) is 0 Å². The van der Waals surface area contributed by atoms with Crippen molar-refractivity contribution in [3.8, 4) is 0 Å². The minimum absolute atomic E-state index is 0.251. The van der Waals surface area contributed by atoms with Crippen molar-refractivity contribution in [1.82, 2.24) is 4.90 Å². The summed E-state index contributed by atoms with van der Waals surface area (Å²) < 4.78 is 0. The van der Waals surface area contributed by atoms with Crippen LogP contribution in [0.4, 0.5) is 0 Å². The first kappa shape index (κ1) is 17.2. The minimum Gasteiger partial charge on any atom is -0.343 e.